The van der Waals surface area contributed by atoms with E-state index in [1.807, 2.05) is 0 Å². The number of fused-ring (bicyclic) bond motifs is 1. The van der Waals surface area contributed by atoms with E-state index in [1.54, 1.807) is 0 Å². The first kappa shape index (κ1) is 13.6. The van der Waals surface area contributed by atoms with Crippen LogP contribution in [-0.4, -0.2) is 24.6 Å². The molecule has 0 aliphatic heterocycles. The second-order valence-corrected chi connectivity index (χ2v) is 6.39. The summed E-state index contributed by atoms with van der Waals surface area (Å²) in [6.07, 6.45) is 1.02. The molecule has 0 saturated carbocycles. The lowest BCUT2D eigenvalue weighted by Crippen LogP contribution is -2.10. The Morgan fingerprint density at radius 3 is 2.44 bits per heavy atom. The van der Waals surface area contributed by atoms with Crippen molar-refractivity contribution in [1.29, 1.82) is 0 Å². The first-order valence-corrected chi connectivity index (χ1v) is 7.59. The average molecular weight is 327 g/mol. The van der Waals surface area contributed by atoms with Gasteiger partial charge in [-0.2, -0.15) is 0 Å². The molecule has 0 aliphatic rings. The molecule has 0 spiro atoms. The Kier molecular flexibility index (Phi) is 3.55. The van der Waals surface area contributed by atoms with Gasteiger partial charge in [-0.3, -0.25) is 4.72 Å². The highest BCUT2D eigenvalue weighted by Crippen LogP contribution is 2.31. The summed E-state index contributed by atoms with van der Waals surface area (Å²) in [4.78, 5) is 7.71. The molecule has 2 aromatic rings. The summed E-state index contributed by atoms with van der Waals surface area (Å²) in [7, 11) is -3.47. The lowest BCUT2D eigenvalue weighted by Gasteiger charge is -2.09. The molecule has 96 valence electrons. The fraction of sp³-hybridized carbons (Fsp3) is 0.111. The molecule has 1 aromatic heterocycles. The zero-order valence-corrected chi connectivity index (χ0v) is 12.0. The predicted molar refractivity (Wildman–Crippen MR) is 73.0 cm³/mol. The van der Waals surface area contributed by atoms with Gasteiger partial charge < -0.3 is 0 Å². The Morgan fingerprint density at radius 2 is 1.83 bits per heavy atom. The minimum absolute atomic E-state index is 0.0774. The van der Waals surface area contributed by atoms with Crippen molar-refractivity contribution in [1.82, 2.24) is 9.97 Å². The number of anilines is 1. The molecule has 0 unspecified atom stereocenters. The Bertz CT molecular complexity index is 733. The Morgan fingerprint density at radius 1 is 1.17 bits per heavy atom. The van der Waals surface area contributed by atoms with Gasteiger partial charge in [0.25, 0.3) is 0 Å². The minimum atomic E-state index is -3.47. The largest absolute Gasteiger partial charge is 0.282 e. The van der Waals surface area contributed by atoms with Crippen molar-refractivity contribution in [2.45, 2.75) is 0 Å². The van der Waals surface area contributed by atoms with Gasteiger partial charge in [-0.1, -0.05) is 23.2 Å². The summed E-state index contributed by atoms with van der Waals surface area (Å²) in [6, 6.07) is 2.95. The number of halogens is 3. The number of sulfonamides is 1. The molecular formula is C9H6Cl3N3O2S. The van der Waals surface area contributed by atoms with Crippen LogP contribution in [0.1, 0.15) is 0 Å². The van der Waals surface area contributed by atoms with Gasteiger partial charge in [0.1, 0.15) is 10.7 Å². The van der Waals surface area contributed by atoms with E-state index in [-0.39, 0.29) is 21.6 Å². The molecule has 1 heterocycles. The highest BCUT2D eigenvalue weighted by atomic mass is 35.5. The van der Waals surface area contributed by atoms with Crippen molar-refractivity contribution in [3.63, 3.8) is 0 Å². The number of nitrogens with zero attached hydrogens (tertiary/aromatic N) is 2. The van der Waals surface area contributed by atoms with Crippen LogP contribution in [0.2, 0.25) is 15.5 Å². The zero-order valence-electron chi connectivity index (χ0n) is 8.91. The van der Waals surface area contributed by atoms with Gasteiger partial charge in [0, 0.05) is 10.4 Å². The van der Waals surface area contributed by atoms with Crippen LogP contribution in [-0.2, 0) is 10.0 Å². The normalized spacial score (nSPS) is 11.8. The van der Waals surface area contributed by atoms with E-state index in [4.69, 9.17) is 34.8 Å². The fourth-order valence-electron chi connectivity index (χ4n) is 1.41. The van der Waals surface area contributed by atoms with Crippen molar-refractivity contribution in [2.24, 2.45) is 0 Å². The van der Waals surface area contributed by atoms with E-state index < -0.39 is 10.0 Å². The average Bonchev–Trinajstić information content (AvgIpc) is 2.17. The molecule has 0 atom stereocenters. The number of benzene rings is 1. The molecule has 0 bridgehead atoms. The third kappa shape index (κ3) is 2.95. The van der Waals surface area contributed by atoms with Crippen molar-refractivity contribution in [3.05, 3.63) is 27.6 Å². The number of hydrogen-bond donors (Lipinski definition) is 1. The molecule has 1 N–H and O–H groups in total. The molecule has 0 radical (unpaired) electrons. The standard InChI is InChI=1S/C9H6Cl3N3O2S/c1-18(16,17)15-6-3-4(10)2-5-7(6)13-9(12)14-8(5)11/h2-3,15H,1H3. The topological polar surface area (TPSA) is 72.0 Å². The molecule has 0 fully saturated rings. The number of aromatic nitrogens is 2. The monoisotopic (exact) mass is 325 g/mol. The third-order valence-corrected chi connectivity index (χ3v) is 3.25. The van der Waals surface area contributed by atoms with E-state index in [2.05, 4.69) is 14.7 Å². The maximum atomic E-state index is 11.3. The van der Waals surface area contributed by atoms with Crippen LogP contribution in [0.25, 0.3) is 10.9 Å². The molecule has 0 amide bonds. The van der Waals surface area contributed by atoms with E-state index in [0.717, 1.165) is 6.26 Å². The molecule has 0 aliphatic carbocycles. The van der Waals surface area contributed by atoms with Gasteiger partial charge in [-0.05, 0) is 23.7 Å². The predicted octanol–water partition coefficient (Wildman–Crippen LogP) is 2.96. The summed E-state index contributed by atoms with van der Waals surface area (Å²) in [5, 5.41) is 0.747. The minimum Gasteiger partial charge on any atom is -0.282 e. The van der Waals surface area contributed by atoms with Crippen LogP contribution in [0.5, 0.6) is 0 Å². The van der Waals surface area contributed by atoms with Crippen LogP contribution in [0, 0.1) is 0 Å². The van der Waals surface area contributed by atoms with Crippen molar-refractivity contribution >= 4 is 61.4 Å². The van der Waals surface area contributed by atoms with Crippen LogP contribution in [0.3, 0.4) is 0 Å². The first-order valence-electron chi connectivity index (χ1n) is 4.56. The quantitative estimate of drug-likeness (QED) is 0.680. The second kappa shape index (κ2) is 4.70. The van der Waals surface area contributed by atoms with Gasteiger partial charge in [0.2, 0.25) is 15.3 Å². The SMILES string of the molecule is CS(=O)(=O)Nc1cc(Cl)cc2c(Cl)nc(Cl)nc12. The van der Waals surface area contributed by atoms with Crippen LogP contribution < -0.4 is 4.72 Å². The van der Waals surface area contributed by atoms with Crippen molar-refractivity contribution in [3.8, 4) is 0 Å². The highest BCUT2D eigenvalue weighted by Gasteiger charge is 2.13. The maximum absolute atomic E-state index is 11.3. The van der Waals surface area contributed by atoms with E-state index >= 15 is 0 Å². The molecule has 18 heavy (non-hydrogen) atoms. The summed E-state index contributed by atoms with van der Waals surface area (Å²) in [5.41, 5.74) is 0.487. The smallest absolute Gasteiger partial charge is 0.229 e. The van der Waals surface area contributed by atoms with Crippen LogP contribution in [0.4, 0.5) is 5.69 Å². The zero-order chi connectivity index (χ0) is 13.5. The van der Waals surface area contributed by atoms with Gasteiger partial charge in [-0.15, -0.1) is 0 Å². The lowest BCUT2D eigenvalue weighted by molar-refractivity contribution is 0.607. The summed E-state index contributed by atoms with van der Waals surface area (Å²) in [6.45, 7) is 0. The second-order valence-electron chi connectivity index (χ2n) is 3.51. The molecule has 5 nitrogen and oxygen atoms in total. The van der Waals surface area contributed by atoms with E-state index in [1.165, 1.54) is 12.1 Å². The fourth-order valence-corrected chi connectivity index (χ4v) is 2.62. The summed E-state index contributed by atoms with van der Waals surface area (Å²) >= 11 is 17.5. The van der Waals surface area contributed by atoms with Gasteiger partial charge in [0.15, 0.2) is 0 Å². The number of rotatable bonds is 2. The maximum Gasteiger partial charge on any atom is 0.229 e. The summed E-state index contributed by atoms with van der Waals surface area (Å²) < 4.78 is 24.8. The number of hydrogen-bond acceptors (Lipinski definition) is 4. The Labute approximate surface area is 118 Å². The Hall–Kier alpha value is -0.820. The lowest BCUT2D eigenvalue weighted by atomic mass is 10.2. The number of nitrogens with one attached hydrogen (secondary N) is 1. The molecule has 9 heteroatoms. The molecule has 1 aromatic carbocycles. The van der Waals surface area contributed by atoms with Crippen molar-refractivity contribution < 1.29 is 8.42 Å². The van der Waals surface area contributed by atoms with Crippen LogP contribution >= 0.6 is 34.8 Å². The van der Waals surface area contributed by atoms with Crippen LogP contribution in [0.15, 0.2) is 12.1 Å². The molecular weight excluding hydrogens is 321 g/mol. The first-order chi connectivity index (χ1) is 8.26. The summed E-state index contributed by atoms with van der Waals surface area (Å²) in [5.74, 6) is 0. The molecule has 0 saturated heterocycles. The van der Waals surface area contributed by atoms with E-state index in [9.17, 15) is 8.42 Å². The van der Waals surface area contributed by atoms with Gasteiger partial charge in [-0.25, -0.2) is 18.4 Å². The highest BCUT2D eigenvalue weighted by molar-refractivity contribution is 7.92. The molecule has 2 rings (SSSR count). The Balaban J connectivity index is 2.80. The van der Waals surface area contributed by atoms with Crippen molar-refractivity contribution in [2.75, 3.05) is 11.0 Å². The van der Waals surface area contributed by atoms with Gasteiger partial charge in [0.05, 0.1) is 11.9 Å². The van der Waals surface area contributed by atoms with E-state index in [0.29, 0.717) is 10.4 Å². The third-order valence-electron chi connectivity index (χ3n) is 1.99. The van der Waals surface area contributed by atoms with Gasteiger partial charge >= 0.3 is 0 Å².